The zero-order valence-electron chi connectivity index (χ0n) is 6.86. The van der Waals surface area contributed by atoms with Gasteiger partial charge >= 0.3 is 0 Å². The van der Waals surface area contributed by atoms with Crippen molar-refractivity contribution in [2.45, 2.75) is 6.92 Å². The third-order valence-corrected chi connectivity index (χ3v) is 1.72. The van der Waals surface area contributed by atoms with E-state index in [1.807, 2.05) is 0 Å². The van der Waals surface area contributed by atoms with Gasteiger partial charge in [0.1, 0.15) is 12.1 Å². The SMILES string of the molecule is CC(=O)c1cc(F)cn2ncnc12. The molecule has 2 rings (SSSR count). The molecule has 0 radical (unpaired) electrons. The van der Waals surface area contributed by atoms with Crippen LogP contribution in [0, 0.1) is 5.82 Å². The van der Waals surface area contributed by atoms with E-state index in [1.165, 1.54) is 24.0 Å². The number of Topliss-reactive ketones (excluding diaryl/α,β-unsaturated/α-hetero) is 1. The predicted octanol–water partition coefficient (Wildman–Crippen LogP) is 1.07. The van der Waals surface area contributed by atoms with E-state index in [0.29, 0.717) is 5.65 Å². The van der Waals surface area contributed by atoms with Gasteiger partial charge in [-0.3, -0.25) is 4.79 Å². The van der Waals surface area contributed by atoms with Gasteiger partial charge in [-0.15, -0.1) is 0 Å². The Bertz CT molecular complexity index is 477. The van der Waals surface area contributed by atoms with E-state index < -0.39 is 5.82 Å². The maximum Gasteiger partial charge on any atom is 0.166 e. The average molecular weight is 179 g/mol. The lowest BCUT2D eigenvalue weighted by Crippen LogP contribution is -2.00. The zero-order chi connectivity index (χ0) is 9.42. The van der Waals surface area contributed by atoms with Crippen molar-refractivity contribution in [3.63, 3.8) is 0 Å². The first-order valence-corrected chi connectivity index (χ1v) is 3.68. The highest BCUT2D eigenvalue weighted by molar-refractivity contribution is 5.99. The molecule has 0 atom stereocenters. The third kappa shape index (κ3) is 1.18. The molecule has 0 saturated heterocycles. The number of hydrogen-bond donors (Lipinski definition) is 0. The fraction of sp³-hybridized carbons (Fsp3) is 0.125. The smallest absolute Gasteiger partial charge is 0.166 e. The molecule has 0 bridgehead atoms. The highest BCUT2D eigenvalue weighted by Crippen LogP contribution is 2.10. The maximum absolute atomic E-state index is 12.9. The van der Waals surface area contributed by atoms with Gasteiger partial charge in [0.2, 0.25) is 0 Å². The normalized spacial score (nSPS) is 10.6. The summed E-state index contributed by atoms with van der Waals surface area (Å²) in [6.07, 6.45) is 2.45. The van der Waals surface area contributed by atoms with Gasteiger partial charge in [0, 0.05) is 0 Å². The van der Waals surface area contributed by atoms with Crippen molar-refractivity contribution in [1.29, 1.82) is 0 Å². The summed E-state index contributed by atoms with van der Waals surface area (Å²) in [5.41, 5.74) is 0.631. The maximum atomic E-state index is 12.9. The molecule has 0 aliphatic heterocycles. The highest BCUT2D eigenvalue weighted by Gasteiger charge is 2.09. The van der Waals surface area contributed by atoms with Crippen molar-refractivity contribution in [3.8, 4) is 0 Å². The summed E-state index contributed by atoms with van der Waals surface area (Å²) in [5.74, 6) is -0.722. The Morgan fingerprint density at radius 3 is 3.08 bits per heavy atom. The second-order valence-electron chi connectivity index (χ2n) is 2.66. The van der Waals surface area contributed by atoms with E-state index in [-0.39, 0.29) is 11.3 Å². The monoisotopic (exact) mass is 179 g/mol. The Morgan fingerprint density at radius 1 is 1.62 bits per heavy atom. The quantitative estimate of drug-likeness (QED) is 0.615. The second kappa shape index (κ2) is 2.62. The van der Waals surface area contributed by atoms with Gasteiger partial charge in [0.25, 0.3) is 0 Å². The summed E-state index contributed by atoms with van der Waals surface area (Å²) in [4.78, 5) is 14.9. The lowest BCUT2D eigenvalue weighted by Gasteiger charge is -1.97. The molecule has 0 N–H and O–H groups in total. The summed E-state index contributed by atoms with van der Waals surface area (Å²) in [7, 11) is 0. The van der Waals surface area contributed by atoms with Crippen molar-refractivity contribution in [2.75, 3.05) is 0 Å². The van der Waals surface area contributed by atoms with E-state index in [4.69, 9.17) is 0 Å². The fourth-order valence-corrected chi connectivity index (χ4v) is 1.15. The molecule has 2 aromatic heterocycles. The van der Waals surface area contributed by atoms with Crippen molar-refractivity contribution in [3.05, 3.63) is 30.0 Å². The first-order chi connectivity index (χ1) is 6.18. The van der Waals surface area contributed by atoms with Gasteiger partial charge in [0.05, 0.1) is 11.8 Å². The van der Waals surface area contributed by atoms with E-state index in [2.05, 4.69) is 10.1 Å². The first-order valence-electron chi connectivity index (χ1n) is 3.68. The van der Waals surface area contributed by atoms with Gasteiger partial charge in [-0.05, 0) is 13.0 Å². The van der Waals surface area contributed by atoms with Crippen LogP contribution in [0.3, 0.4) is 0 Å². The molecule has 66 valence electrons. The van der Waals surface area contributed by atoms with Crippen LogP contribution in [0.4, 0.5) is 4.39 Å². The Kier molecular flexibility index (Phi) is 1.58. The van der Waals surface area contributed by atoms with Crippen LogP contribution >= 0.6 is 0 Å². The summed E-state index contributed by atoms with van der Waals surface area (Å²) < 4.78 is 14.1. The largest absolute Gasteiger partial charge is 0.294 e. The van der Waals surface area contributed by atoms with E-state index >= 15 is 0 Å². The third-order valence-electron chi connectivity index (χ3n) is 1.72. The summed E-state index contributed by atoms with van der Waals surface area (Å²) in [6, 6.07) is 1.16. The average Bonchev–Trinajstić information content (AvgIpc) is 2.49. The van der Waals surface area contributed by atoms with Crippen molar-refractivity contribution in [1.82, 2.24) is 14.6 Å². The first kappa shape index (κ1) is 7.85. The van der Waals surface area contributed by atoms with Crippen LogP contribution in [0.2, 0.25) is 0 Å². The van der Waals surface area contributed by atoms with Crippen LogP contribution in [0.15, 0.2) is 18.6 Å². The molecule has 0 unspecified atom stereocenters. The molecular weight excluding hydrogens is 173 g/mol. The number of ketones is 1. The van der Waals surface area contributed by atoms with Gasteiger partial charge in [-0.1, -0.05) is 0 Å². The van der Waals surface area contributed by atoms with Gasteiger partial charge < -0.3 is 0 Å². The van der Waals surface area contributed by atoms with Crippen LogP contribution in [-0.4, -0.2) is 20.4 Å². The number of hydrogen-bond acceptors (Lipinski definition) is 3. The molecule has 2 aromatic rings. The number of nitrogens with zero attached hydrogens (tertiary/aromatic N) is 3. The molecule has 0 saturated carbocycles. The van der Waals surface area contributed by atoms with Gasteiger partial charge in [0.15, 0.2) is 11.4 Å². The number of rotatable bonds is 1. The topological polar surface area (TPSA) is 47.3 Å². The Labute approximate surface area is 73.0 Å². The molecule has 0 aliphatic carbocycles. The van der Waals surface area contributed by atoms with Crippen LogP contribution in [0.5, 0.6) is 0 Å². The molecule has 0 aliphatic rings. The minimum atomic E-state index is -0.497. The van der Waals surface area contributed by atoms with Crippen LogP contribution < -0.4 is 0 Å². The lowest BCUT2D eigenvalue weighted by molar-refractivity contribution is 0.101. The molecule has 13 heavy (non-hydrogen) atoms. The van der Waals surface area contributed by atoms with Crippen molar-refractivity contribution < 1.29 is 9.18 Å². The minimum absolute atomic E-state index is 0.225. The van der Waals surface area contributed by atoms with E-state index in [1.54, 1.807) is 0 Å². The standard InChI is InChI=1S/C8H6FN3O/c1-5(13)7-2-6(9)3-12-8(7)10-4-11-12/h2-4H,1H3. The molecule has 0 aromatic carbocycles. The number of fused-ring (bicyclic) bond motifs is 1. The van der Waals surface area contributed by atoms with Crippen LogP contribution in [-0.2, 0) is 0 Å². The summed E-state index contributed by atoms with van der Waals surface area (Å²) >= 11 is 0. The van der Waals surface area contributed by atoms with Gasteiger partial charge in [-0.2, -0.15) is 5.10 Å². The molecule has 5 heteroatoms. The lowest BCUT2D eigenvalue weighted by atomic mass is 10.2. The van der Waals surface area contributed by atoms with Crippen LogP contribution in [0.25, 0.3) is 5.65 Å². The number of pyridine rings is 1. The minimum Gasteiger partial charge on any atom is -0.294 e. The molecule has 0 amide bonds. The van der Waals surface area contributed by atoms with Crippen molar-refractivity contribution in [2.24, 2.45) is 0 Å². The predicted molar refractivity (Wildman–Crippen MR) is 42.9 cm³/mol. The van der Waals surface area contributed by atoms with Crippen LogP contribution in [0.1, 0.15) is 17.3 Å². The number of halogens is 1. The Morgan fingerprint density at radius 2 is 2.38 bits per heavy atom. The number of carbonyl (C=O) groups is 1. The molecule has 0 fully saturated rings. The molecule has 4 nitrogen and oxygen atoms in total. The van der Waals surface area contributed by atoms with Crippen molar-refractivity contribution >= 4 is 11.4 Å². The molecule has 2 heterocycles. The van der Waals surface area contributed by atoms with E-state index in [9.17, 15) is 9.18 Å². The zero-order valence-corrected chi connectivity index (χ0v) is 6.86. The number of carbonyl (C=O) groups excluding carboxylic acids is 1. The number of aromatic nitrogens is 3. The second-order valence-corrected chi connectivity index (χ2v) is 2.66. The molecule has 0 spiro atoms. The molecular formula is C8H6FN3O. The Hall–Kier alpha value is -1.78. The van der Waals surface area contributed by atoms with Gasteiger partial charge in [-0.25, -0.2) is 13.9 Å². The summed E-state index contributed by atoms with van der Waals surface area (Å²) in [6.45, 7) is 1.36. The Balaban J connectivity index is 2.84. The summed E-state index contributed by atoms with van der Waals surface area (Å²) in [5, 5.41) is 3.74. The fourth-order valence-electron chi connectivity index (χ4n) is 1.15. The highest BCUT2D eigenvalue weighted by atomic mass is 19.1. The van der Waals surface area contributed by atoms with E-state index in [0.717, 1.165) is 6.07 Å².